The van der Waals surface area contributed by atoms with E-state index in [1.165, 1.54) is 11.8 Å². The van der Waals surface area contributed by atoms with Crippen LogP contribution in [-0.2, 0) is 15.3 Å². The predicted molar refractivity (Wildman–Crippen MR) is 77.2 cm³/mol. The minimum atomic E-state index is -1.11. The molecule has 0 aliphatic carbocycles. The molecule has 0 bridgehead atoms. The first-order valence-electron chi connectivity index (χ1n) is 5.38. The molecule has 0 radical (unpaired) electrons. The zero-order valence-corrected chi connectivity index (χ0v) is 11.6. The number of thioether (sulfide) groups is 1. The monoisotopic (exact) mass is 299 g/mol. The van der Waals surface area contributed by atoms with Gasteiger partial charge in [0.25, 0.3) is 0 Å². The SMILES string of the molecule is O=C(O)CN(CC(=O)O)C(=S)SCc1ccccc1. The maximum atomic E-state index is 10.7. The molecule has 19 heavy (non-hydrogen) atoms. The molecule has 7 heteroatoms. The number of hydrogen-bond acceptors (Lipinski definition) is 4. The fraction of sp³-hybridized carbons (Fsp3) is 0.250. The van der Waals surface area contributed by atoms with Gasteiger partial charge in [-0.15, -0.1) is 0 Å². The van der Waals surface area contributed by atoms with Crippen molar-refractivity contribution in [3.63, 3.8) is 0 Å². The van der Waals surface area contributed by atoms with E-state index >= 15 is 0 Å². The van der Waals surface area contributed by atoms with Crippen LogP contribution in [0.4, 0.5) is 0 Å². The van der Waals surface area contributed by atoms with Crippen molar-refractivity contribution in [1.29, 1.82) is 0 Å². The first-order chi connectivity index (χ1) is 8.99. The Bertz CT molecular complexity index is 448. The van der Waals surface area contributed by atoms with E-state index in [1.54, 1.807) is 0 Å². The third kappa shape index (κ3) is 6.21. The van der Waals surface area contributed by atoms with Gasteiger partial charge in [0.2, 0.25) is 0 Å². The molecule has 0 atom stereocenters. The van der Waals surface area contributed by atoms with Crippen LogP contribution in [0.3, 0.4) is 0 Å². The summed E-state index contributed by atoms with van der Waals surface area (Å²) in [7, 11) is 0. The molecule has 1 aromatic carbocycles. The standard InChI is InChI=1S/C12H13NO4S2/c14-10(15)6-13(7-11(16)17)12(18)19-8-9-4-2-1-3-5-9/h1-5H,6-8H2,(H,14,15)(H,16,17). The Balaban J connectivity index is 2.56. The van der Waals surface area contributed by atoms with Crippen LogP contribution < -0.4 is 0 Å². The van der Waals surface area contributed by atoms with Gasteiger partial charge in [-0.1, -0.05) is 54.3 Å². The number of carbonyl (C=O) groups is 2. The summed E-state index contributed by atoms with van der Waals surface area (Å²) in [5, 5.41) is 17.5. The van der Waals surface area contributed by atoms with Gasteiger partial charge in [-0.25, -0.2) is 0 Å². The van der Waals surface area contributed by atoms with Crippen molar-refractivity contribution in [3.8, 4) is 0 Å². The lowest BCUT2D eigenvalue weighted by molar-refractivity contribution is -0.139. The van der Waals surface area contributed by atoms with Crippen molar-refractivity contribution in [1.82, 2.24) is 4.90 Å². The van der Waals surface area contributed by atoms with E-state index in [2.05, 4.69) is 0 Å². The summed E-state index contributed by atoms with van der Waals surface area (Å²) in [6.45, 7) is -0.820. The molecular formula is C12H13NO4S2. The Morgan fingerprint density at radius 3 is 2.11 bits per heavy atom. The summed E-state index contributed by atoms with van der Waals surface area (Å²) in [6.07, 6.45) is 0. The average Bonchev–Trinajstić information content (AvgIpc) is 2.35. The summed E-state index contributed by atoms with van der Waals surface area (Å²) in [5.41, 5.74) is 1.04. The predicted octanol–water partition coefficient (Wildman–Crippen LogP) is 1.68. The Morgan fingerprint density at radius 2 is 1.63 bits per heavy atom. The largest absolute Gasteiger partial charge is 0.480 e. The molecule has 0 aromatic heterocycles. The second-order valence-corrected chi connectivity index (χ2v) is 5.29. The molecule has 2 N–H and O–H groups in total. The Labute approximate surface area is 120 Å². The van der Waals surface area contributed by atoms with E-state index in [0.717, 1.165) is 10.5 Å². The lowest BCUT2D eigenvalue weighted by Crippen LogP contribution is -2.37. The summed E-state index contributed by atoms with van der Waals surface area (Å²) in [5.74, 6) is -1.64. The van der Waals surface area contributed by atoms with E-state index in [4.69, 9.17) is 22.4 Å². The van der Waals surface area contributed by atoms with Crippen LogP contribution in [-0.4, -0.2) is 44.5 Å². The first kappa shape index (κ1) is 15.5. The van der Waals surface area contributed by atoms with E-state index in [1.807, 2.05) is 30.3 Å². The maximum Gasteiger partial charge on any atom is 0.323 e. The average molecular weight is 299 g/mol. The lowest BCUT2D eigenvalue weighted by Gasteiger charge is -2.20. The van der Waals surface area contributed by atoms with Crippen LogP contribution in [0.15, 0.2) is 30.3 Å². The second-order valence-electron chi connectivity index (χ2n) is 3.68. The quantitative estimate of drug-likeness (QED) is 0.774. The maximum absolute atomic E-state index is 10.7. The summed E-state index contributed by atoms with van der Waals surface area (Å²) in [6, 6.07) is 9.53. The van der Waals surface area contributed by atoms with Crippen molar-refractivity contribution in [2.45, 2.75) is 5.75 Å². The van der Waals surface area contributed by atoms with E-state index in [9.17, 15) is 9.59 Å². The van der Waals surface area contributed by atoms with Gasteiger partial charge in [0, 0.05) is 5.75 Å². The fourth-order valence-electron chi connectivity index (χ4n) is 1.32. The Kier molecular flexibility index (Phi) is 6.31. The molecule has 0 unspecified atom stereocenters. The molecule has 0 amide bonds. The smallest absolute Gasteiger partial charge is 0.323 e. The lowest BCUT2D eigenvalue weighted by atomic mass is 10.2. The molecule has 1 rings (SSSR count). The van der Waals surface area contributed by atoms with Gasteiger partial charge in [0.05, 0.1) is 0 Å². The number of hydrogen-bond donors (Lipinski definition) is 2. The molecule has 5 nitrogen and oxygen atoms in total. The topological polar surface area (TPSA) is 77.8 Å². The third-order valence-corrected chi connectivity index (χ3v) is 3.71. The van der Waals surface area contributed by atoms with Gasteiger partial charge in [-0.05, 0) is 5.56 Å². The van der Waals surface area contributed by atoms with Crippen molar-refractivity contribution in [2.75, 3.05) is 13.1 Å². The molecule has 0 aliphatic rings. The van der Waals surface area contributed by atoms with Crippen molar-refractivity contribution in [2.24, 2.45) is 0 Å². The molecule has 102 valence electrons. The zero-order valence-electron chi connectivity index (χ0n) is 9.98. The number of carboxylic acids is 2. The van der Waals surface area contributed by atoms with Crippen molar-refractivity contribution >= 4 is 40.2 Å². The molecule has 0 spiro atoms. The molecular weight excluding hydrogens is 286 g/mol. The van der Waals surface area contributed by atoms with Gasteiger partial charge in [0.1, 0.15) is 17.4 Å². The molecule has 0 saturated carbocycles. The molecule has 0 fully saturated rings. The number of nitrogens with zero attached hydrogens (tertiary/aromatic N) is 1. The Hall–Kier alpha value is -1.60. The van der Waals surface area contributed by atoms with Crippen molar-refractivity contribution < 1.29 is 19.8 Å². The fourth-order valence-corrected chi connectivity index (χ4v) is 2.42. The number of aliphatic carboxylic acids is 2. The molecule has 0 heterocycles. The highest BCUT2D eigenvalue weighted by Gasteiger charge is 2.16. The summed E-state index contributed by atoms with van der Waals surface area (Å²) >= 11 is 6.33. The van der Waals surface area contributed by atoms with Crippen LogP contribution >= 0.6 is 24.0 Å². The minimum absolute atomic E-state index is 0.272. The van der Waals surface area contributed by atoms with Crippen LogP contribution in [0.25, 0.3) is 0 Å². The summed E-state index contributed by atoms with van der Waals surface area (Å²) in [4.78, 5) is 22.5. The first-order valence-corrected chi connectivity index (χ1v) is 6.77. The van der Waals surface area contributed by atoms with Crippen LogP contribution in [0.5, 0.6) is 0 Å². The van der Waals surface area contributed by atoms with Gasteiger partial charge in [0.15, 0.2) is 0 Å². The van der Waals surface area contributed by atoms with Gasteiger partial charge in [-0.3, -0.25) is 9.59 Å². The number of thiocarbonyl (C=S) groups is 1. The normalized spacial score (nSPS) is 9.89. The van der Waals surface area contributed by atoms with E-state index in [-0.39, 0.29) is 4.32 Å². The van der Waals surface area contributed by atoms with Crippen LogP contribution in [0.2, 0.25) is 0 Å². The van der Waals surface area contributed by atoms with Crippen molar-refractivity contribution in [3.05, 3.63) is 35.9 Å². The van der Waals surface area contributed by atoms with E-state index in [0.29, 0.717) is 5.75 Å². The highest BCUT2D eigenvalue weighted by molar-refractivity contribution is 8.22. The summed E-state index contributed by atoms with van der Waals surface area (Å²) < 4.78 is 0.272. The second kappa shape index (κ2) is 7.75. The van der Waals surface area contributed by atoms with Crippen LogP contribution in [0.1, 0.15) is 5.56 Å². The molecule has 1 aromatic rings. The third-order valence-electron chi connectivity index (χ3n) is 2.12. The van der Waals surface area contributed by atoms with Crippen LogP contribution in [0, 0.1) is 0 Å². The Morgan fingerprint density at radius 1 is 1.11 bits per heavy atom. The van der Waals surface area contributed by atoms with Gasteiger partial charge in [-0.2, -0.15) is 0 Å². The van der Waals surface area contributed by atoms with E-state index < -0.39 is 25.0 Å². The van der Waals surface area contributed by atoms with Gasteiger partial charge >= 0.3 is 11.9 Å². The van der Waals surface area contributed by atoms with Gasteiger partial charge < -0.3 is 15.1 Å². The number of rotatable bonds is 6. The molecule has 0 aliphatic heterocycles. The molecule has 0 saturated heterocycles. The minimum Gasteiger partial charge on any atom is -0.480 e. The number of benzene rings is 1. The highest BCUT2D eigenvalue weighted by atomic mass is 32.2. The number of carboxylic acid groups (broad SMARTS) is 2. The highest BCUT2D eigenvalue weighted by Crippen LogP contribution is 2.16. The zero-order chi connectivity index (χ0) is 14.3.